The van der Waals surface area contributed by atoms with Gasteiger partial charge in [0.2, 0.25) is 5.91 Å². The third-order valence-corrected chi connectivity index (χ3v) is 5.57. The predicted molar refractivity (Wildman–Crippen MR) is 81.6 cm³/mol. The zero-order chi connectivity index (χ0) is 13.8. The number of carbonyl (C=O) groups is 1. The lowest BCUT2D eigenvalue weighted by Gasteiger charge is -2.33. The number of rotatable bonds is 2. The lowest BCUT2D eigenvalue weighted by atomic mass is 9.88. The highest BCUT2D eigenvalue weighted by Crippen LogP contribution is 2.27. The highest BCUT2D eigenvalue weighted by molar-refractivity contribution is 5.79. The van der Waals surface area contributed by atoms with Gasteiger partial charge in [-0.1, -0.05) is 25.7 Å². The molecule has 20 heavy (non-hydrogen) atoms. The minimum absolute atomic E-state index is 0.348. The standard InChI is InChI=1S/C17H30N2O/c20-17(15-8-2-1-3-9-15)19-13-5-4-10-16(14-19)18-11-6-7-12-18/h15-16H,1-14H2. The summed E-state index contributed by atoms with van der Waals surface area (Å²) in [5.41, 5.74) is 0. The first-order valence-corrected chi connectivity index (χ1v) is 8.87. The Morgan fingerprint density at radius 1 is 0.750 bits per heavy atom. The zero-order valence-electron chi connectivity index (χ0n) is 12.9. The summed E-state index contributed by atoms with van der Waals surface area (Å²) in [5.74, 6) is 0.830. The van der Waals surface area contributed by atoms with E-state index in [2.05, 4.69) is 9.80 Å². The molecule has 3 fully saturated rings. The van der Waals surface area contributed by atoms with Gasteiger partial charge in [-0.25, -0.2) is 0 Å². The van der Waals surface area contributed by atoms with E-state index in [1.54, 1.807) is 0 Å². The van der Waals surface area contributed by atoms with Crippen LogP contribution in [0.25, 0.3) is 0 Å². The summed E-state index contributed by atoms with van der Waals surface area (Å²) in [6, 6.07) is 0.646. The van der Waals surface area contributed by atoms with Gasteiger partial charge in [-0.3, -0.25) is 9.69 Å². The smallest absolute Gasteiger partial charge is 0.225 e. The average molecular weight is 278 g/mol. The Morgan fingerprint density at radius 2 is 1.40 bits per heavy atom. The maximum absolute atomic E-state index is 12.8. The molecule has 0 N–H and O–H groups in total. The van der Waals surface area contributed by atoms with E-state index in [4.69, 9.17) is 0 Å². The van der Waals surface area contributed by atoms with Gasteiger partial charge in [-0.15, -0.1) is 0 Å². The van der Waals surface area contributed by atoms with E-state index >= 15 is 0 Å². The molecule has 2 aliphatic heterocycles. The van der Waals surface area contributed by atoms with E-state index in [9.17, 15) is 4.79 Å². The quantitative estimate of drug-likeness (QED) is 0.775. The van der Waals surface area contributed by atoms with Crippen molar-refractivity contribution in [1.29, 1.82) is 0 Å². The highest BCUT2D eigenvalue weighted by atomic mass is 16.2. The highest BCUT2D eigenvalue weighted by Gasteiger charge is 2.31. The van der Waals surface area contributed by atoms with Gasteiger partial charge in [-0.2, -0.15) is 0 Å². The molecule has 0 spiro atoms. The molecule has 3 rings (SSSR count). The van der Waals surface area contributed by atoms with Crippen LogP contribution in [0.3, 0.4) is 0 Å². The number of hydrogen-bond acceptors (Lipinski definition) is 2. The Balaban J connectivity index is 1.60. The molecule has 1 aliphatic carbocycles. The summed E-state index contributed by atoms with van der Waals surface area (Å²) in [6.07, 6.45) is 12.7. The second kappa shape index (κ2) is 6.93. The van der Waals surface area contributed by atoms with Gasteiger partial charge in [0.15, 0.2) is 0 Å². The molecule has 0 aromatic rings. The lowest BCUT2D eigenvalue weighted by Crippen LogP contribution is -2.45. The van der Waals surface area contributed by atoms with Crippen molar-refractivity contribution in [3.63, 3.8) is 0 Å². The van der Waals surface area contributed by atoms with Crippen molar-refractivity contribution in [2.75, 3.05) is 26.2 Å². The lowest BCUT2D eigenvalue weighted by molar-refractivity contribution is -0.137. The van der Waals surface area contributed by atoms with Crippen molar-refractivity contribution in [2.45, 2.75) is 70.3 Å². The molecule has 0 radical (unpaired) electrons. The number of nitrogens with zero attached hydrogens (tertiary/aromatic N) is 2. The summed E-state index contributed by atoms with van der Waals surface area (Å²) >= 11 is 0. The Labute approximate surface area is 123 Å². The van der Waals surface area contributed by atoms with Gasteiger partial charge in [-0.05, 0) is 51.6 Å². The number of amides is 1. The maximum atomic E-state index is 12.8. The van der Waals surface area contributed by atoms with Crippen LogP contribution in [0, 0.1) is 5.92 Å². The number of carbonyl (C=O) groups excluding carboxylic acids is 1. The van der Waals surface area contributed by atoms with Crippen LogP contribution < -0.4 is 0 Å². The summed E-state index contributed by atoms with van der Waals surface area (Å²) in [4.78, 5) is 17.6. The molecule has 1 saturated carbocycles. The third kappa shape index (κ3) is 3.36. The van der Waals surface area contributed by atoms with Crippen molar-refractivity contribution in [1.82, 2.24) is 9.80 Å². The molecule has 0 aromatic heterocycles. The molecule has 0 bridgehead atoms. The summed E-state index contributed by atoms with van der Waals surface area (Å²) < 4.78 is 0. The van der Waals surface area contributed by atoms with Crippen LogP contribution in [0.2, 0.25) is 0 Å². The summed E-state index contributed by atoms with van der Waals surface area (Å²) in [7, 11) is 0. The van der Waals surface area contributed by atoms with Crippen LogP contribution in [0.15, 0.2) is 0 Å². The number of hydrogen-bond donors (Lipinski definition) is 0. The van der Waals surface area contributed by atoms with Gasteiger partial charge in [0.1, 0.15) is 0 Å². The van der Waals surface area contributed by atoms with E-state index in [1.807, 2.05) is 0 Å². The molecule has 0 aromatic carbocycles. The molecule has 1 amide bonds. The molecular formula is C17H30N2O. The first-order valence-electron chi connectivity index (χ1n) is 8.87. The van der Waals surface area contributed by atoms with Crippen molar-refractivity contribution in [3.8, 4) is 0 Å². The first-order chi connectivity index (χ1) is 9.84. The topological polar surface area (TPSA) is 23.6 Å². The van der Waals surface area contributed by atoms with Crippen LogP contribution in [-0.4, -0.2) is 47.9 Å². The number of likely N-dealkylation sites (tertiary alicyclic amines) is 2. The van der Waals surface area contributed by atoms with Gasteiger partial charge < -0.3 is 4.90 Å². The second-order valence-corrected chi connectivity index (χ2v) is 7.01. The Morgan fingerprint density at radius 3 is 2.15 bits per heavy atom. The molecule has 2 heterocycles. The Hall–Kier alpha value is -0.570. The minimum atomic E-state index is 0.348. The summed E-state index contributed by atoms with van der Waals surface area (Å²) in [6.45, 7) is 4.54. The van der Waals surface area contributed by atoms with Gasteiger partial charge >= 0.3 is 0 Å². The van der Waals surface area contributed by atoms with Crippen molar-refractivity contribution < 1.29 is 4.79 Å². The van der Waals surface area contributed by atoms with Crippen LogP contribution in [0.5, 0.6) is 0 Å². The molecule has 114 valence electrons. The third-order valence-electron chi connectivity index (χ3n) is 5.57. The average Bonchev–Trinajstić information content (AvgIpc) is 2.92. The maximum Gasteiger partial charge on any atom is 0.225 e. The van der Waals surface area contributed by atoms with Crippen LogP contribution >= 0.6 is 0 Å². The van der Waals surface area contributed by atoms with Gasteiger partial charge in [0.05, 0.1) is 0 Å². The van der Waals surface area contributed by atoms with Crippen LogP contribution in [0.4, 0.5) is 0 Å². The van der Waals surface area contributed by atoms with Crippen LogP contribution in [-0.2, 0) is 4.79 Å². The normalized spacial score (nSPS) is 30.4. The van der Waals surface area contributed by atoms with Gasteiger partial charge in [0, 0.05) is 25.0 Å². The first kappa shape index (κ1) is 14.4. The van der Waals surface area contributed by atoms with Crippen LogP contribution in [0.1, 0.15) is 64.2 Å². The Kier molecular flexibility index (Phi) is 4.98. The van der Waals surface area contributed by atoms with Crippen molar-refractivity contribution >= 4 is 5.91 Å². The van der Waals surface area contributed by atoms with E-state index in [-0.39, 0.29) is 0 Å². The second-order valence-electron chi connectivity index (χ2n) is 7.01. The fourth-order valence-corrected chi connectivity index (χ4v) is 4.33. The van der Waals surface area contributed by atoms with Crippen molar-refractivity contribution in [3.05, 3.63) is 0 Å². The monoisotopic (exact) mass is 278 g/mol. The Bertz CT molecular complexity index is 319. The fraction of sp³-hybridized carbons (Fsp3) is 0.941. The van der Waals surface area contributed by atoms with E-state index in [0.717, 1.165) is 25.9 Å². The van der Waals surface area contributed by atoms with E-state index in [0.29, 0.717) is 17.9 Å². The van der Waals surface area contributed by atoms with E-state index < -0.39 is 0 Å². The molecule has 3 nitrogen and oxygen atoms in total. The SMILES string of the molecule is O=C(C1CCCCC1)N1CCCCC(N2CCCC2)C1. The van der Waals surface area contributed by atoms with E-state index in [1.165, 1.54) is 64.5 Å². The minimum Gasteiger partial charge on any atom is -0.341 e. The molecule has 1 atom stereocenters. The molecular weight excluding hydrogens is 248 g/mol. The predicted octanol–water partition coefficient (Wildman–Crippen LogP) is 3.04. The summed E-state index contributed by atoms with van der Waals surface area (Å²) in [5, 5.41) is 0. The fourth-order valence-electron chi connectivity index (χ4n) is 4.33. The van der Waals surface area contributed by atoms with Crippen molar-refractivity contribution in [2.24, 2.45) is 5.92 Å². The largest absolute Gasteiger partial charge is 0.341 e. The molecule has 3 aliphatic rings. The molecule has 3 heteroatoms. The molecule has 1 unspecified atom stereocenters. The zero-order valence-corrected chi connectivity index (χ0v) is 12.9. The molecule has 2 saturated heterocycles. The van der Waals surface area contributed by atoms with Gasteiger partial charge in [0.25, 0.3) is 0 Å².